The highest BCUT2D eigenvalue weighted by Crippen LogP contribution is 2.22. The Balaban J connectivity index is 1.91. The zero-order chi connectivity index (χ0) is 16.6. The number of nitrogens with one attached hydrogen (secondary N) is 1. The van der Waals surface area contributed by atoms with E-state index in [4.69, 9.17) is 0 Å². The maximum atomic E-state index is 13.6. The van der Waals surface area contributed by atoms with Crippen LogP contribution in [0.15, 0.2) is 48.7 Å². The van der Waals surface area contributed by atoms with E-state index in [9.17, 15) is 18.4 Å². The summed E-state index contributed by atoms with van der Waals surface area (Å²) in [6.45, 7) is 0. The van der Waals surface area contributed by atoms with E-state index in [0.29, 0.717) is 11.5 Å². The average molecular weight is 314 g/mol. The van der Waals surface area contributed by atoms with E-state index in [1.807, 2.05) is 12.1 Å². The van der Waals surface area contributed by atoms with Gasteiger partial charge in [-0.1, -0.05) is 18.2 Å². The van der Waals surface area contributed by atoms with Crippen LogP contribution >= 0.6 is 0 Å². The van der Waals surface area contributed by atoms with Crippen LogP contribution in [0.1, 0.15) is 10.4 Å². The quantitative estimate of drug-likeness (QED) is 0.596. The minimum absolute atomic E-state index is 0.225. The van der Waals surface area contributed by atoms with Crippen molar-refractivity contribution in [2.75, 3.05) is 5.32 Å². The Morgan fingerprint density at radius 3 is 2.57 bits per heavy atom. The molecule has 1 aromatic heterocycles. The molecule has 0 atom stereocenters. The number of carbonyl (C=O) groups is 2. The number of ketones is 1. The molecule has 1 heterocycles. The number of hydrogen-bond acceptors (Lipinski definition) is 2. The van der Waals surface area contributed by atoms with Crippen molar-refractivity contribution in [3.8, 4) is 0 Å². The number of halogens is 2. The lowest BCUT2D eigenvalue weighted by molar-refractivity contribution is -0.112. The van der Waals surface area contributed by atoms with Crippen LogP contribution in [0.3, 0.4) is 0 Å². The standard InChI is InChI=1S/C17H12F2N2O2/c1-21-9-12(11-4-2-3-5-15(11)21)16(22)17(23)20-14-7-6-10(18)8-13(14)19/h2-9H,1H3,(H,20,23). The van der Waals surface area contributed by atoms with Crippen LogP contribution in [0, 0.1) is 11.6 Å². The maximum absolute atomic E-state index is 13.6. The fourth-order valence-corrected chi connectivity index (χ4v) is 2.41. The molecule has 0 radical (unpaired) electrons. The predicted octanol–water partition coefficient (Wildman–Crippen LogP) is 3.28. The molecule has 23 heavy (non-hydrogen) atoms. The fourth-order valence-electron chi connectivity index (χ4n) is 2.41. The lowest BCUT2D eigenvalue weighted by Crippen LogP contribution is -2.23. The SMILES string of the molecule is Cn1cc(C(=O)C(=O)Nc2ccc(F)cc2F)c2ccccc21. The molecule has 0 saturated carbocycles. The average Bonchev–Trinajstić information content (AvgIpc) is 2.87. The molecule has 1 N–H and O–H groups in total. The van der Waals surface area contributed by atoms with Gasteiger partial charge >= 0.3 is 0 Å². The maximum Gasteiger partial charge on any atom is 0.296 e. The van der Waals surface area contributed by atoms with Crippen molar-refractivity contribution in [1.82, 2.24) is 4.57 Å². The van der Waals surface area contributed by atoms with Crippen LogP contribution in [0.4, 0.5) is 14.5 Å². The molecule has 0 aliphatic rings. The minimum atomic E-state index is -0.980. The van der Waals surface area contributed by atoms with E-state index in [1.165, 1.54) is 0 Å². The molecule has 2 aromatic carbocycles. The van der Waals surface area contributed by atoms with Crippen LogP contribution in [0.2, 0.25) is 0 Å². The Hall–Kier alpha value is -3.02. The van der Waals surface area contributed by atoms with Gasteiger partial charge in [0.05, 0.1) is 11.3 Å². The molecule has 0 saturated heterocycles. The number of anilines is 1. The van der Waals surface area contributed by atoms with Gasteiger partial charge in [0.1, 0.15) is 11.6 Å². The van der Waals surface area contributed by atoms with Gasteiger partial charge in [-0.05, 0) is 18.2 Å². The summed E-state index contributed by atoms with van der Waals surface area (Å²) in [5.41, 5.74) is 0.782. The van der Waals surface area contributed by atoms with Crippen LogP contribution in [-0.4, -0.2) is 16.3 Å². The molecule has 0 unspecified atom stereocenters. The number of hydrogen-bond donors (Lipinski definition) is 1. The highest BCUT2D eigenvalue weighted by molar-refractivity contribution is 6.48. The summed E-state index contributed by atoms with van der Waals surface area (Å²) in [5, 5.41) is 2.80. The number of amides is 1. The zero-order valence-electron chi connectivity index (χ0n) is 12.1. The number of para-hydroxylation sites is 1. The van der Waals surface area contributed by atoms with Crippen LogP contribution in [-0.2, 0) is 11.8 Å². The van der Waals surface area contributed by atoms with Gasteiger partial charge in [0.2, 0.25) is 0 Å². The molecule has 6 heteroatoms. The number of carbonyl (C=O) groups excluding carboxylic acids is 2. The largest absolute Gasteiger partial charge is 0.350 e. The molecule has 3 rings (SSSR count). The zero-order valence-corrected chi connectivity index (χ0v) is 12.1. The number of nitrogens with zero attached hydrogens (tertiary/aromatic N) is 1. The monoisotopic (exact) mass is 314 g/mol. The summed E-state index contributed by atoms with van der Waals surface area (Å²) in [7, 11) is 1.76. The van der Waals surface area contributed by atoms with Gasteiger partial charge in [-0.2, -0.15) is 0 Å². The van der Waals surface area contributed by atoms with Gasteiger partial charge in [-0.25, -0.2) is 8.78 Å². The lowest BCUT2D eigenvalue weighted by Gasteiger charge is -2.05. The van der Waals surface area contributed by atoms with E-state index in [2.05, 4.69) is 5.32 Å². The summed E-state index contributed by atoms with van der Waals surface area (Å²) < 4.78 is 28.2. The van der Waals surface area contributed by atoms with E-state index >= 15 is 0 Å². The second-order valence-corrected chi connectivity index (χ2v) is 5.08. The molecule has 0 aliphatic carbocycles. The summed E-state index contributed by atoms with van der Waals surface area (Å²) in [5.74, 6) is -3.47. The van der Waals surface area contributed by atoms with Gasteiger partial charge in [0.25, 0.3) is 11.7 Å². The van der Waals surface area contributed by atoms with E-state index < -0.39 is 23.3 Å². The number of fused-ring (bicyclic) bond motifs is 1. The number of aryl methyl sites for hydroxylation is 1. The second-order valence-electron chi connectivity index (χ2n) is 5.08. The molecular weight excluding hydrogens is 302 g/mol. The molecule has 1 amide bonds. The second kappa shape index (κ2) is 5.64. The third-order valence-electron chi connectivity index (χ3n) is 3.53. The minimum Gasteiger partial charge on any atom is -0.350 e. The van der Waals surface area contributed by atoms with Crippen molar-refractivity contribution in [1.29, 1.82) is 0 Å². The van der Waals surface area contributed by atoms with Crippen molar-refractivity contribution in [2.24, 2.45) is 7.05 Å². The smallest absolute Gasteiger partial charge is 0.296 e. The Bertz CT molecular complexity index is 931. The third-order valence-corrected chi connectivity index (χ3v) is 3.53. The summed E-state index contributed by atoms with van der Waals surface area (Å²) in [6, 6.07) is 9.84. The Labute approximate surface area is 130 Å². The van der Waals surface area contributed by atoms with Gasteiger partial charge in [-0.15, -0.1) is 0 Å². The van der Waals surface area contributed by atoms with E-state index in [1.54, 1.807) is 29.9 Å². The Morgan fingerprint density at radius 2 is 1.83 bits per heavy atom. The first-order valence-electron chi connectivity index (χ1n) is 6.82. The number of Topliss-reactive ketones (excluding diaryl/α,β-unsaturated/α-hetero) is 1. The third kappa shape index (κ3) is 2.70. The van der Waals surface area contributed by atoms with Crippen molar-refractivity contribution >= 4 is 28.3 Å². The molecule has 0 bridgehead atoms. The predicted molar refractivity (Wildman–Crippen MR) is 82.2 cm³/mol. The van der Waals surface area contributed by atoms with Gasteiger partial charge in [0, 0.05) is 30.2 Å². The molecule has 116 valence electrons. The lowest BCUT2D eigenvalue weighted by atomic mass is 10.1. The first-order chi connectivity index (χ1) is 11.0. The highest BCUT2D eigenvalue weighted by atomic mass is 19.1. The van der Waals surface area contributed by atoms with Crippen LogP contribution < -0.4 is 5.32 Å². The van der Waals surface area contributed by atoms with E-state index in [-0.39, 0.29) is 11.3 Å². The molecule has 3 aromatic rings. The van der Waals surface area contributed by atoms with Gasteiger partial charge in [0.15, 0.2) is 0 Å². The highest BCUT2D eigenvalue weighted by Gasteiger charge is 2.21. The summed E-state index contributed by atoms with van der Waals surface area (Å²) >= 11 is 0. The Kier molecular flexibility index (Phi) is 3.65. The van der Waals surface area contributed by atoms with Crippen LogP contribution in [0.5, 0.6) is 0 Å². The van der Waals surface area contributed by atoms with Crippen LogP contribution in [0.25, 0.3) is 10.9 Å². The summed E-state index contributed by atoms with van der Waals surface area (Å²) in [6.07, 6.45) is 1.55. The number of benzene rings is 2. The van der Waals surface area contributed by atoms with E-state index in [0.717, 1.165) is 17.6 Å². The topological polar surface area (TPSA) is 51.1 Å². The first-order valence-corrected chi connectivity index (χ1v) is 6.82. The number of aromatic nitrogens is 1. The van der Waals surface area contributed by atoms with Crippen molar-refractivity contribution in [2.45, 2.75) is 0 Å². The first kappa shape index (κ1) is 14.9. The normalized spacial score (nSPS) is 10.7. The fraction of sp³-hybridized carbons (Fsp3) is 0.0588. The molecule has 0 fully saturated rings. The van der Waals surface area contributed by atoms with Crippen molar-refractivity contribution in [3.05, 3.63) is 65.9 Å². The number of rotatable bonds is 3. The van der Waals surface area contributed by atoms with Crippen molar-refractivity contribution in [3.63, 3.8) is 0 Å². The van der Waals surface area contributed by atoms with Gasteiger partial charge in [-0.3, -0.25) is 9.59 Å². The Morgan fingerprint density at radius 1 is 1.09 bits per heavy atom. The molecule has 0 aliphatic heterocycles. The molecule has 0 spiro atoms. The van der Waals surface area contributed by atoms with Gasteiger partial charge < -0.3 is 9.88 Å². The summed E-state index contributed by atoms with van der Waals surface area (Å²) in [4.78, 5) is 24.4. The van der Waals surface area contributed by atoms with Crippen molar-refractivity contribution < 1.29 is 18.4 Å². The molecular formula is C17H12F2N2O2. The molecule has 4 nitrogen and oxygen atoms in total.